The Balaban J connectivity index is 0. The Bertz CT molecular complexity index is 298. The van der Waals surface area contributed by atoms with Crippen LogP contribution in [0.5, 0.6) is 0 Å². The molecule has 0 amide bonds. The zero-order chi connectivity index (χ0) is 9.30. The van der Waals surface area contributed by atoms with E-state index in [1.165, 1.54) is 13.8 Å². The van der Waals surface area contributed by atoms with Crippen molar-refractivity contribution in [2.45, 2.75) is 13.8 Å². The Morgan fingerprint density at radius 2 is 2.08 bits per heavy atom. The third kappa shape index (κ3) is 2.76. The first-order chi connectivity index (χ1) is 5.52. The molecule has 1 unspecified atom stereocenters. The monoisotopic (exact) mass is 192 g/mol. The molecule has 0 radical (unpaired) electrons. The summed E-state index contributed by atoms with van der Waals surface area (Å²) in [5, 5.41) is 0. The first kappa shape index (κ1) is 12.6. The summed E-state index contributed by atoms with van der Waals surface area (Å²) in [7, 11) is 0. The number of carbonyl (C=O) groups is 3. The number of hydrogen-bond acceptors (Lipinski definition) is 4. The average Bonchev–Trinajstić information content (AvgIpc) is 1.82. The molecule has 1 heterocycles. The van der Waals surface area contributed by atoms with Crippen LogP contribution in [0.15, 0.2) is 11.8 Å². The molecule has 0 aromatic heterocycles. The molecule has 0 saturated heterocycles. The van der Waals surface area contributed by atoms with Crippen LogP contribution < -0.4 is 29.6 Å². The zero-order valence-corrected chi connectivity index (χ0v) is 9.79. The summed E-state index contributed by atoms with van der Waals surface area (Å²) in [6, 6.07) is 0. The molecule has 5 heteroatoms. The molecule has 0 N–H and O–H groups in total. The molecule has 1 aliphatic rings. The molecular weight excluding hydrogens is 183 g/mol. The van der Waals surface area contributed by atoms with Crippen molar-refractivity contribution >= 4 is 17.5 Å². The summed E-state index contributed by atoms with van der Waals surface area (Å²) < 4.78 is 4.61. The first-order valence-corrected chi connectivity index (χ1v) is 3.46. The molecule has 0 bridgehead atoms. The molecule has 0 spiro atoms. The van der Waals surface area contributed by atoms with Crippen LogP contribution in [0, 0.1) is 5.92 Å². The van der Waals surface area contributed by atoms with Crippen molar-refractivity contribution in [2.24, 2.45) is 5.92 Å². The molecular formula is C8H9NaO4. The van der Waals surface area contributed by atoms with Crippen LogP contribution >= 0.6 is 0 Å². The van der Waals surface area contributed by atoms with Gasteiger partial charge in [0, 0.05) is 6.08 Å². The third-order valence-electron chi connectivity index (χ3n) is 1.53. The zero-order valence-electron chi connectivity index (χ0n) is 8.79. The van der Waals surface area contributed by atoms with E-state index in [9.17, 15) is 14.4 Å². The van der Waals surface area contributed by atoms with E-state index in [1.807, 2.05) is 0 Å². The molecule has 66 valence electrons. The largest absolute Gasteiger partial charge is 1.00 e. The van der Waals surface area contributed by atoms with Crippen LogP contribution in [0.25, 0.3) is 0 Å². The standard InChI is InChI=1S/C8H8O4.Na.H/c1-4-3-6(10)7(5(2)9)8(11)12-4;;/h3,7H,1-2H3;;/q;+1;-1. The smallest absolute Gasteiger partial charge is 1.00 e. The van der Waals surface area contributed by atoms with Gasteiger partial charge in [-0.05, 0) is 13.8 Å². The number of ether oxygens (including phenoxy) is 1. The van der Waals surface area contributed by atoms with Gasteiger partial charge in [-0.3, -0.25) is 14.4 Å². The Labute approximate surface area is 99.1 Å². The van der Waals surface area contributed by atoms with Crippen molar-refractivity contribution in [1.82, 2.24) is 0 Å². The van der Waals surface area contributed by atoms with Crippen molar-refractivity contribution in [1.29, 1.82) is 0 Å². The summed E-state index contributed by atoms with van der Waals surface area (Å²) in [6.07, 6.45) is 1.16. The number of carbonyl (C=O) groups excluding carboxylic acids is 3. The third-order valence-corrected chi connectivity index (χ3v) is 1.53. The van der Waals surface area contributed by atoms with E-state index in [4.69, 9.17) is 0 Å². The van der Waals surface area contributed by atoms with Gasteiger partial charge in [0.05, 0.1) is 0 Å². The van der Waals surface area contributed by atoms with E-state index in [2.05, 4.69) is 4.74 Å². The predicted octanol–water partition coefficient (Wildman–Crippen LogP) is -2.66. The molecule has 1 atom stereocenters. The van der Waals surface area contributed by atoms with Gasteiger partial charge in [-0.1, -0.05) is 0 Å². The number of ketones is 2. The fourth-order valence-electron chi connectivity index (χ4n) is 1.01. The topological polar surface area (TPSA) is 60.4 Å². The molecule has 0 aromatic rings. The van der Waals surface area contributed by atoms with Gasteiger partial charge in [0.25, 0.3) is 0 Å². The van der Waals surface area contributed by atoms with Gasteiger partial charge in [-0.2, -0.15) is 0 Å². The Kier molecular flexibility index (Phi) is 4.53. The van der Waals surface area contributed by atoms with Gasteiger partial charge in [0.15, 0.2) is 17.5 Å². The fourth-order valence-corrected chi connectivity index (χ4v) is 1.01. The van der Waals surface area contributed by atoms with Gasteiger partial charge in [-0.15, -0.1) is 0 Å². The van der Waals surface area contributed by atoms with E-state index in [-0.39, 0.29) is 36.7 Å². The van der Waals surface area contributed by atoms with E-state index >= 15 is 0 Å². The number of allylic oxidation sites excluding steroid dienone is 2. The van der Waals surface area contributed by atoms with Crippen LogP contribution in [0.1, 0.15) is 15.3 Å². The van der Waals surface area contributed by atoms with Crippen LogP contribution in [0.4, 0.5) is 0 Å². The van der Waals surface area contributed by atoms with Crippen molar-refractivity contribution in [2.75, 3.05) is 0 Å². The second-order valence-corrected chi connectivity index (χ2v) is 2.62. The minimum atomic E-state index is -1.24. The molecule has 0 saturated carbocycles. The van der Waals surface area contributed by atoms with Crippen molar-refractivity contribution in [3.63, 3.8) is 0 Å². The second kappa shape index (κ2) is 4.69. The van der Waals surface area contributed by atoms with E-state index in [0.717, 1.165) is 6.08 Å². The van der Waals surface area contributed by atoms with Crippen LogP contribution in [0.2, 0.25) is 0 Å². The van der Waals surface area contributed by atoms with Gasteiger partial charge >= 0.3 is 35.5 Å². The van der Waals surface area contributed by atoms with E-state index in [0.29, 0.717) is 0 Å². The van der Waals surface area contributed by atoms with Crippen LogP contribution in [-0.2, 0) is 19.1 Å². The summed E-state index contributed by atoms with van der Waals surface area (Å²) in [5.41, 5.74) is 0. The molecule has 0 aliphatic carbocycles. The van der Waals surface area contributed by atoms with Crippen molar-refractivity contribution in [3.8, 4) is 0 Å². The number of cyclic esters (lactones) is 1. The minimum Gasteiger partial charge on any atom is -1.00 e. The number of esters is 1. The molecule has 1 rings (SSSR count). The van der Waals surface area contributed by atoms with Gasteiger partial charge in [0.2, 0.25) is 0 Å². The Morgan fingerprint density at radius 1 is 1.54 bits per heavy atom. The van der Waals surface area contributed by atoms with Gasteiger partial charge in [0.1, 0.15) is 5.76 Å². The summed E-state index contributed by atoms with van der Waals surface area (Å²) in [5.74, 6) is -2.74. The maximum atomic E-state index is 11.1. The number of Topliss-reactive ketones (excluding diaryl/α,β-unsaturated/α-hetero) is 1. The van der Waals surface area contributed by atoms with Crippen molar-refractivity contribution < 1.29 is 50.1 Å². The average molecular weight is 192 g/mol. The Morgan fingerprint density at radius 3 is 2.46 bits per heavy atom. The van der Waals surface area contributed by atoms with E-state index < -0.39 is 23.5 Å². The predicted molar refractivity (Wildman–Crippen MR) is 40.1 cm³/mol. The minimum absolute atomic E-state index is 0. The van der Waals surface area contributed by atoms with E-state index in [1.54, 1.807) is 0 Å². The Hall–Kier alpha value is -0.450. The van der Waals surface area contributed by atoms with Crippen molar-refractivity contribution in [3.05, 3.63) is 11.8 Å². The summed E-state index contributed by atoms with van der Waals surface area (Å²) in [6.45, 7) is 2.68. The molecule has 4 nitrogen and oxygen atoms in total. The summed E-state index contributed by atoms with van der Waals surface area (Å²) >= 11 is 0. The number of rotatable bonds is 1. The second-order valence-electron chi connectivity index (χ2n) is 2.62. The molecule has 1 aliphatic heterocycles. The first-order valence-electron chi connectivity index (χ1n) is 3.46. The van der Waals surface area contributed by atoms with Crippen LogP contribution in [-0.4, -0.2) is 17.5 Å². The van der Waals surface area contributed by atoms with Gasteiger partial charge < -0.3 is 6.16 Å². The SMILES string of the molecule is CC(=O)C1C(=O)C=C(C)OC1=O.[H-].[Na+]. The maximum Gasteiger partial charge on any atom is 1.00 e. The normalized spacial score (nSPS) is 21.4. The molecule has 0 fully saturated rings. The quantitative estimate of drug-likeness (QED) is 0.258. The molecule has 0 aromatic carbocycles. The number of hydrogen-bond donors (Lipinski definition) is 0. The van der Waals surface area contributed by atoms with Gasteiger partial charge in [-0.25, -0.2) is 0 Å². The maximum absolute atomic E-state index is 11.1. The summed E-state index contributed by atoms with van der Waals surface area (Å²) in [4.78, 5) is 32.8. The van der Waals surface area contributed by atoms with Crippen LogP contribution in [0.3, 0.4) is 0 Å². The fraction of sp³-hybridized carbons (Fsp3) is 0.375. The molecule has 13 heavy (non-hydrogen) atoms.